The summed E-state index contributed by atoms with van der Waals surface area (Å²) in [5.41, 5.74) is 2.08. The molecule has 0 saturated carbocycles. The number of carbonyl (C=O) groups is 2. The van der Waals surface area contributed by atoms with Crippen LogP contribution in [0.15, 0.2) is 40.9 Å². The van der Waals surface area contributed by atoms with Crippen LogP contribution >= 0.6 is 0 Å². The number of nitrogens with zero attached hydrogens (tertiary/aromatic N) is 3. The number of hydrogen-bond acceptors (Lipinski definition) is 5. The van der Waals surface area contributed by atoms with Crippen LogP contribution in [0.5, 0.6) is 0 Å². The van der Waals surface area contributed by atoms with Crippen LogP contribution < -0.4 is 0 Å². The van der Waals surface area contributed by atoms with E-state index < -0.39 is 0 Å². The maximum Gasteiger partial charge on any atom is 0.233 e. The smallest absolute Gasteiger partial charge is 0.233 e. The molecule has 1 aliphatic carbocycles. The summed E-state index contributed by atoms with van der Waals surface area (Å²) in [5, 5.41) is 4.01. The van der Waals surface area contributed by atoms with E-state index in [9.17, 15) is 9.59 Å². The molecular formula is C20H21N3O3. The Kier molecular flexibility index (Phi) is 4.41. The third-order valence-electron chi connectivity index (χ3n) is 5.15. The van der Waals surface area contributed by atoms with Gasteiger partial charge in [0.15, 0.2) is 0 Å². The second kappa shape index (κ2) is 6.86. The molecule has 2 amide bonds. The lowest BCUT2D eigenvalue weighted by Crippen LogP contribution is -2.32. The average Bonchev–Trinajstić information content (AvgIpc) is 3.22. The third kappa shape index (κ3) is 3.07. The van der Waals surface area contributed by atoms with Gasteiger partial charge in [0.1, 0.15) is 0 Å². The number of carbonyl (C=O) groups excluding carboxylic acids is 2. The van der Waals surface area contributed by atoms with Crippen molar-refractivity contribution in [1.82, 2.24) is 15.0 Å². The molecule has 2 aliphatic rings. The molecule has 0 N–H and O–H groups in total. The molecule has 0 bridgehead atoms. The van der Waals surface area contributed by atoms with Crippen molar-refractivity contribution in [2.45, 2.75) is 32.6 Å². The first-order chi connectivity index (χ1) is 12.6. The molecule has 1 aliphatic heterocycles. The molecule has 4 rings (SSSR count). The first-order valence-corrected chi connectivity index (χ1v) is 9.03. The van der Waals surface area contributed by atoms with E-state index in [0.717, 1.165) is 5.56 Å². The Balaban J connectivity index is 1.35. The van der Waals surface area contributed by atoms with Crippen molar-refractivity contribution in [2.24, 2.45) is 11.8 Å². The van der Waals surface area contributed by atoms with Crippen molar-refractivity contribution in [3.05, 3.63) is 47.9 Å². The Morgan fingerprint density at radius 1 is 1.08 bits per heavy atom. The molecule has 26 heavy (non-hydrogen) atoms. The molecule has 0 spiro atoms. The Morgan fingerprint density at radius 3 is 2.38 bits per heavy atom. The van der Waals surface area contributed by atoms with E-state index in [2.05, 4.69) is 10.1 Å². The molecule has 1 fully saturated rings. The van der Waals surface area contributed by atoms with Gasteiger partial charge >= 0.3 is 0 Å². The molecule has 2 aromatic rings. The molecule has 134 valence electrons. The highest BCUT2D eigenvalue weighted by molar-refractivity contribution is 6.05. The van der Waals surface area contributed by atoms with E-state index in [4.69, 9.17) is 4.52 Å². The van der Waals surface area contributed by atoms with Crippen molar-refractivity contribution in [1.29, 1.82) is 0 Å². The molecule has 6 heteroatoms. The number of amides is 2. The fourth-order valence-electron chi connectivity index (χ4n) is 3.65. The van der Waals surface area contributed by atoms with Crippen LogP contribution in [0, 0.1) is 18.8 Å². The van der Waals surface area contributed by atoms with E-state index in [-0.39, 0.29) is 23.7 Å². The summed E-state index contributed by atoms with van der Waals surface area (Å²) in [6.45, 7) is 2.44. The van der Waals surface area contributed by atoms with E-state index in [1.165, 1.54) is 10.5 Å². The summed E-state index contributed by atoms with van der Waals surface area (Å²) in [7, 11) is 0. The van der Waals surface area contributed by atoms with Crippen LogP contribution in [0.3, 0.4) is 0 Å². The Labute approximate surface area is 151 Å². The largest absolute Gasteiger partial charge is 0.339 e. The zero-order valence-corrected chi connectivity index (χ0v) is 14.7. The summed E-state index contributed by atoms with van der Waals surface area (Å²) in [6, 6.07) is 7.93. The fraction of sp³-hybridized carbons (Fsp3) is 0.400. The quantitative estimate of drug-likeness (QED) is 0.611. The summed E-state index contributed by atoms with van der Waals surface area (Å²) >= 11 is 0. The molecule has 1 aromatic heterocycles. The van der Waals surface area contributed by atoms with Crippen LogP contribution in [0.4, 0.5) is 0 Å². The number of imide groups is 1. The Morgan fingerprint density at radius 2 is 1.73 bits per heavy atom. The molecule has 2 atom stereocenters. The van der Waals surface area contributed by atoms with Gasteiger partial charge in [0, 0.05) is 18.5 Å². The summed E-state index contributed by atoms with van der Waals surface area (Å²) in [6.07, 6.45) is 6.52. The molecule has 0 unspecified atom stereocenters. The summed E-state index contributed by atoms with van der Waals surface area (Å²) in [4.78, 5) is 30.7. The van der Waals surface area contributed by atoms with Crippen molar-refractivity contribution in [2.75, 3.05) is 6.54 Å². The molecule has 1 aromatic carbocycles. The van der Waals surface area contributed by atoms with Crippen LogP contribution in [-0.2, 0) is 16.0 Å². The predicted octanol–water partition coefficient (Wildman–Crippen LogP) is 2.93. The van der Waals surface area contributed by atoms with Crippen LogP contribution in [-0.4, -0.2) is 33.4 Å². The van der Waals surface area contributed by atoms with Crippen LogP contribution in [0.25, 0.3) is 11.4 Å². The lowest BCUT2D eigenvalue weighted by atomic mass is 9.85. The van der Waals surface area contributed by atoms with Gasteiger partial charge in [-0.2, -0.15) is 4.98 Å². The highest BCUT2D eigenvalue weighted by atomic mass is 16.5. The van der Waals surface area contributed by atoms with Gasteiger partial charge in [-0.05, 0) is 26.2 Å². The van der Waals surface area contributed by atoms with Crippen LogP contribution in [0.1, 0.15) is 30.7 Å². The SMILES string of the molecule is Cc1ccc(-c2noc(CCCN3C(=O)[C@H]4CC=CC[C@H]4C3=O)n2)cc1. The maximum atomic E-state index is 12.4. The summed E-state index contributed by atoms with van der Waals surface area (Å²) < 4.78 is 5.30. The first-order valence-electron chi connectivity index (χ1n) is 9.03. The number of aryl methyl sites for hydroxylation is 2. The number of allylic oxidation sites excluding steroid dienone is 2. The highest BCUT2D eigenvalue weighted by Gasteiger charge is 2.46. The van der Waals surface area contributed by atoms with Crippen molar-refractivity contribution in [3.63, 3.8) is 0 Å². The van der Waals surface area contributed by atoms with E-state index in [1.54, 1.807) is 0 Å². The zero-order valence-electron chi connectivity index (χ0n) is 14.7. The number of rotatable bonds is 5. The molecular weight excluding hydrogens is 330 g/mol. The van der Waals surface area contributed by atoms with E-state index in [1.807, 2.05) is 43.3 Å². The second-order valence-corrected chi connectivity index (χ2v) is 6.97. The number of hydrogen-bond donors (Lipinski definition) is 0. The molecule has 0 radical (unpaired) electrons. The van der Waals surface area contributed by atoms with Gasteiger partial charge in [-0.15, -0.1) is 0 Å². The van der Waals surface area contributed by atoms with Crippen molar-refractivity contribution in [3.8, 4) is 11.4 Å². The molecule has 6 nitrogen and oxygen atoms in total. The number of likely N-dealkylation sites (tertiary alicyclic amines) is 1. The maximum absolute atomic E-state index is 12.4. The zero-order chi connectivity index (χ0) is 18.1. The number of benzene rings is 1. The normalized spacial score (nSPS) is 22.1. The van der Waals surface area contributed by atoms with Gasteiger partial charge in [0.05, 0.1) is 11.8 Å². The first kappa shape index (κ1) is 16.7. The lowest BCUT2D eigenvalue weighted by Gasteiger charge is -2.14. The van der Waals surface area contributed by atoms with E-state index >= 15 is 0 Å². The van der Waals surface area contributed by atoms with Gasteiger partial charge in [-0.3, -0.25) is 14.5 Å². The average molecular weight is 351 g/mol. The predicted molar refractivity (Wildman–Crippen MR) is 94.9 cm³/mol. The number of aromatic nitrogens is 2. The van der Waals surface area contributed by atoms with E-state index in [0.29, 0.717) is 43.9 Å². The minimum absolute atomic E-state index is 0.0322. The van der Waals surface area contributed by atoms with Gasteiger partial charge in [0.2, 0.25) is 23.5 Å². The van der Waals surface area contributed by atoms with Crippen molar-refractivity contribution >= 4 is 11.8 Å². The minimum atomic E-state index is -0.163. The van der Waals surface area contributed by atoms with Crippen molar-refractivity contribution < 1.29 is 14.1 Å². The number of fused-ring (bicyclic) bond motifs is 1. The van der Waals surface area contributed by atoms with Gasteiger partial charge in [-0.25, -0.2) is 0 Å². The third-order valence-corrected chi connectivity index (χ3v) is 5.15. The van der Waals surface area contributed by atoms with Gasteiger partial charge < -0.3 is 4.52 Å². The Hall–Kier alpha value is -2.76. The molecule has 1 saturated heterocycles. The second-order valence-electron chi connectivity index (χ2n) is 6.97. The fourth-order valence-corrected chi connectivity index (χ4v) is 3.65. The standard InChI is InChI=1S/C20H21N3O3/c1-13-8-10-14(11-9-13)18-21-17(26-22-18)7-4-12-23-19(24)15-5-2-3-6-16(15)20(23)25/h2-3,8-11,15-16H,4-7,12H2,1H3/t15-,16+. The van der Waals surface area contributed by atoms with Gasteiger partial charge in [-0.1, -0.05) is 47.1 Å². The van der Waals surface area contributed by atoms with Crippen LogP contribution in [0.2, 0.25) is 0 Å². The molecule has 2 heterocycles. The summed E-state index contributed by atoms with van der Waals surface area (Å²) in [5.74, 6) is 0.697. The highest BCUT2D eigenvalue weighted by Crippen LogP contribution is 2.35. The van der Waals surface area contributed by atoms with Gasteiger partial charge in [0.25, 0.3) is 0 Å². The monoisotopic (exact) mass is 351 g/mol. The minimum Gasteiger partial charge on any atom is -0.339 e. The Bertz CT molecular complexity index is 827. The lowest BCUT2D eigenvalue weighted by molar-refractivity contribution is -0.139. The topological polar surface area (TPSA) is 76.3 Å².